The van der Waals surface area contributed by atoms with Crippen molar-refractivity contribution < 1.29 is 25.8 Å². The number of thiocarbonyl (C=S) groups is 1. The molecule has 12 heteroatoms. The van der Waals surface area contributed by atoms with Gasteiger partial charge in [0.05, 0.1) is 5.71 Å². The highest BCUT2D eigenvalue weighted by atomic mass is 35.5. The van der Waals surface area contributed by atoms with E-state index >= 15 is 0 Å². The molecular weight excluding hydrogens is 427 g/mol. The van der Waals surface area contributed by atoms with Gasteiger partial charge in [-0.25, -0.2) is 0 Å². The van der Waals surface area contributed by atoms with Crippen molar-refractivity contribution in [3.63, 3.8) is 0 Å². The second kappa shape index (κ2) is 8.11. The number of nitrogens with two attached hydrogens (primary N) is 1. The number of nitrogens with zero attached hydrogens (tertiary/aromatic N) is 1. The van der Waals surface area contributed by atoms with E-state index in [9.17, 15) is 21.6 Å². The lowest BCUT2D eigenvalue weighted by molar-refractivity contribution is -0.0500. The van der Waals surface area contributed by atoms with Gasteiger partial charge in [0.2, 0.25) is 0 Å². The molecule has 27 heavy (non-hydrogen) atoms. The van der Waals surface area contributed by atoms with Crippen molar-refractivity contribution in [1.29, 1.82) is 0 Å². The summed E-state index contributed by atoms with van der Waals surface area (Å²) >= 11 is 10.5. The molecule has 0 bridgehead atoms. The summed E-state index contributed by atoms with van der Waals surface area (Å²) in [5.41, 5.74) is 3.61. The fourth-order valence-corrected chi connectivity index (χ4v) is 2.49. The normalized spacial score (nSPS) is 12.5. The molecule has 0 spiro atoms. The lowest BCUT2D eigenvalue weighted by Crippen LogP contribution is -2.28. The molecule has 0 aliphatic rings. The van der Waals surface area contributed by atoms with Gasteiger partial charge in [0.25, 0.3) is 0 Å². The largest absolute Gasteiger partial charge is 0.534 e. The molecule has 0 aromatic heterocycles. The average molecular weight is 438 g/mol. The summed E-state index contributed by atoms with van der Waals surface area (Å²) < 4.78 is 63.3. The first kappa shape index (κ1) is 20.9. The molecule has 0 amide bonds. The van der Waals surface area contributed by atoms with Crippen molar-refractivity contribution in [3.05, 3.63) is 64.7 Å². The average Bonchev–Trinajstić information content (AvgIpc) is 2.56. The van der Waals surface area contributed by atoms with Crippen LogP contribution in [0.15, 0.2) is 53.6 Å². The number of rotatable bonds is 5. The van der Waals surface area contributed by atoms with Crippen LogP contribution in [0, 0.1) is 0 Å². The van der Waals surface area contributed by atoms with E-state index in [1.807, 2.05) is 0 Å². The summed E-state index contributed by atoms with van der Waals surface area (Å²) in [6, 6.07) is 11.3. The molecule has 144 valence electrons. The first-order chi connectivity index (χ1) is 12.5. The minimum absolute atomic E-state index is 0.0994. The van der Waals surface area contributed by atoms with Crippen LogP contribution in [0.3, 0.4) is 0 Å². The highest BCUT2D eigenvalue weighted by Crippen LogP contribution is 2.27. The van der Waals surface area contributed by atoms with Gasteiger partial charge < -0.3 is 9.92 Å². The fourth-order valence-electron chi connectivity index (χ4n) is 1.86. The van der Waals surface area contributed by atoms with Crippen LogP contribution >= 0.6 is 23.8 Å². The maximum absolute atomic E-state index is 12.4. The van der Waals surface area contributed by atoms with Gasteiger partial charge in [-0.05, 0) is 48.6 Å². The second-order valence-electron chi connectivity index (χ2n) is 4.95. The first-order valence-corrected chi connectivity index (χ1v) is 9.19. The maximum Gasteiger partial charge on any atom is 0.534 e. The van der Waals surface area contributed by atoms with Gasteiger partial charge in [-0.2, -0.15) is 26.7 Å². The summed E-state index contributed by atoms with van der Waals surface area (Å²) in [4.78, 5) is 0. The summed E-state index contributed by atoms with van der Waals surface area (Å²) in [5, 5.41) is 4.44. The van der Waals surface area contributed by atoms with Crippen molar-refractivity contribution in [3.8, 4) is 5.75 Å². The Balaban J connectivity index is 2.36. The van der Waals surface area contributed by atoms with Crippen molar-refractivity contribution in [2.24, 2.45) is 10.8 Å². The van der Waals surface area contributed by atoms with E-state index < -0.39 is 21.4 Å². The van der Waals surface area contributed by atoms with E-state index in [4.69, 9.17) is 29.6 Å². The first-order valence-electron chi connectivity index (χ1n) is 7.00. The Hall–Kier alpha value is -2.37. The highest BCUT2D eigenvalue weighted by molar-refractivity contribution is 7.88. The van der Waals surface area contributed by atoms with Gasteiger partial charge in [-0.3, -0.25) is 5.43 Å². The van der Waals surface area contributed by atoms with Crippen LogP contribution in [0.25, 0.3) is 0 Å². The monoisotopic (exact) mass is 437 g/mol. The Morgan fingerprint density at radius 2 is 1.56 bits per heavy atom. The molecule has 6 nitrogen and oxygen atoms in total. The van der Waals surface area contributed by atoms with Gasteiger partial charge in [-0.15, -0.1) is 0 Å². The van der Waals surface area contributed by atoms with E-state index in [2.05, 4.69) is 14.7 Å². The molecule has 0 atom stereocenters. The predicted octanol–water partition coefficient (Wildman–Crippen LogP) is 3.15. The highest BCUT2D eigenvalue weighted by Gasteiger charge is 2.48. The molecular formula is C15H11ClF3N3O3S2. The molecule has 0 heterocycles. The number of hydrazone groups is 1. The molecule has 0 radical (unpaired) electrons. The number of alkyl halides is 3. The van der Waals surface area contributed by atoms with Crippen molar-refractivity contribution in [2.75, 3.05) is 0 Å². The zero-order valence-electron chi connectivity index (χ0n) is 13.2. The van der Waals surface area contributed by atoms with Gasteiger partial charge >= 0.3 is 15.6 Å². The van der Waals surface area contributed by atoms with Crippen LogP contribution in [-0.4, -0.2) is 24.8 Å². The van der Waals surface area contributed by atoms with Crippen molar-refractivity contribution in [1.82, 2.24) is 5.43 Å². The van der Waals surface area contributed by atoms with Crippen LogP contribution in [0.4, 0.5) is 13.2 Å². The molecule has 3 N–H and O–H groups in total. The third kappa shape index (κ3) is 5.55. The smallest absolute Gasteiger partial charge is 0.376 e. The van der Waals surface area contributed by atoms with E-state index in [0.29, 0.717) is 21.9 Å². The minimum atomic E-state index is -5.75. The number of hydrogen-bond acceptors (Lipinski definition) is 5. The third-order valence-electron chi connectivity index (χ3n) is 3.01. The maximum atomic E-state index is 12.4. The number of benzene rings is 2. The van der Waals surface area contributed by atoms with Gasteiger partial charge in [-0.1, -0.05) is 23.7 Å². The van der Waals surface area contributed by atoms with E-state index in [1.54, 1.807) is 24.3 Å². The van der Waals surface area contributed by atoms with Crippen LogP contribution in [-0.2, 0) is 10.1 Å². The Bertz CT molecular complexity index is 961. The Kier molecular flexibility index (Phi) is 6.29. The van der Waals surface area contributed by atoms with Crippen LogP contribution < -0.4 is 15.3 Å². The molecule has 0 aliphatic heterocycles. The molecule has 0 saturated heterocycles. The fraction of sp³-hybridized carbons (Fsp3) is 0.0667. The van der Waals surface area contributed by atoms with Crippen LogP contribution in [0.5, 0.6) is 5.75 Å². The molecule has 0 aliphatic carbocycles. The molecule has 0 fully saturated rings. The molecule has 2 aromatic carbocycles. The van der Waals surface area contributed by atoms with E-state index in [0.717, 1.165) is 12.1 Å². The van der Waals surface area contributed by atoms with E-state index in [1.165, 1.54) is 12.1 Å². The zero-order chi connectivity index (χ0) is 20.2. The molecule has 0 saturated carbocycles. The predicted molar refractivity (Wildman–Crippen MR) is 99.1 cm³/mol. The standard InChI is InChI=1S/C15H11ClF3N3O3S2/c16-11-5-1-9(2-6-11)13(21-22-14(20)26)10-3-7-12(8-4-10)25-27(23,24)15(17,18)19/h1-8H,(H3,20,22,26). The molecule has 2 rings (SSSR count). The Morgan fingerprint density at radius 1 is 1.07 bits per heavy atom. The van der Waals surface area contributed by atoms with Crippen LogP contribution in [0.2, 0.25) is 5.02 Å². The Morgan fingerprint density at radius 3 is 2.00 bits per heavy atom. The van der Waals surface area contributed by atoms with Gasteiger partial charge in [0.15, 0.2) is 5.11 Å². The Labute approximate surface area is 162 Å². The summed E-state index contributed by atoms with van der Waals surface area (Å²) in [6.45, 7) is 0. The van der Waals surface area contributed by atoms with Crippen molar-refractivity contribution in [2.45, 2.75) is 5.51 Å². The lowest BCUT2D eigenvalue weighted by atomic mass is 10.0. The SMILES string of the molecule is NC(=S)NN=C(c1ccc(Cl)cc1)c1ccc(OS(=O)(=O)C(F)(F)F)cc1. The van der Waals surface area contributed by atoms with Crippen LogP contribution in [0.1, 0.15) is 11.1 Å². The summed E-state index contributed by atoms with van der Waals surface area (Å²) in [6.07, 6.45) is 0. The number of hydrogen-bond donors (Lipinski definition) is 2. The van der Waals surface area contributed by atoms with Gasteiger partial charge in [0.1, 0.15) is 5.75 Å². The number of nitrogens with one attached hydrogen (secondary N) is 1. The van der Waals surface area contributed by atoms with E-state index in [-0.39, 0.29) is 5.11 Å². The molecule has 0 unspecified atom stereocenters. The summed E-state index contributed by atoms with van der Waals surface area (Å²) in [7, 11) is -5.75. The summed E-state index contributed by atoms with van der Waals surface area (Å²) in [5.74, 6) is -0.506. The lowest BCUT2D eigenvalue weighted by Gasteiger charge is -2.11. The van der Waals surface area contributed by atoms with Gasteiger partial charge in [0, 0.05) is 16.1 Å². The molecule has 2 aromatic rings. The number of halogens is 4. The minimum Gasteiger partial charge on any atom is -0.376 e. The second-order valence-corrected chi connectivity index (χ2v) is 7.37. The zero-order valence-corrected chi connectivity index (χ0v) is 15.6. The van der Waals surface area contributed by atoms with Crippen molar-refractivity contribution >= 4 is 44.8 Å². The quantitative estimate of drug-likeness (QED) is 0.245. The topological polar surface area (TPSA) is 93.8 Å². The third-order valence-corrected chi connectivity index (χ3v) is 4.33.